The van der Waals surface area contributed by atoms with Crippen LogP contribution < -0.4 is 15.5 Å². The minimum atomic E-state index is -0.397. The number of nitriles is 1. The number of amides is 2. The Morgan fingerprint density at radius 3 is 2.73 bits per heavy atom. The predicted octanol–water partition coefficient (Wildman–Crippen LogP) is 4.29. The van der Waals surface area contributed by atoms with E-state index < -0.39 is 5.91 Å². The van der Waals surface area contributed by atoms with E-state index >= 15 is 0 Å². The molecule has 0 unspecified atom stereocenters. The van der Waals surface area contributed by atoms with Crippen LogP contribution in [0.4, 0.5) is 10.7 Å². The van der Waals surface area contributed by atoms with Crippen molar-refractivity contribution in [1.29, 1.82) is 5.26 Å². The number of nitrogens with one attached hydrogen (secondary N) is 2. The van der Waals surface area contributed by atoms with Crippen molar-refractivity contribution in [2.75, 3.05) is 24.5 Å². The molecule has 2 fully saturated rings. The summed E-state index contributed by atoms with van der Waals surface area (Å²) in [5, 5.41) is 16.3. The monoisotopic (exact) mass is 562 g/mol. The van der Waals surface area contributed by atoms with Crippen molar-refractivity contribution in [3.05, 3.63) is 82.8 Å². The van der Waals surface area contributed by atoms with Gasteiger partial charge in [0.1, 0.15) is 6.07 Å². The summed E-state index contributed by atoms with van der Waals surface area (Å²) in [4.78, 5) is 43.8. The molecule has 0 saturated carbocycles. The molecule has 204 valence electrons. The Morgan fingerprint density at radius 2 is 1.93 bits per heavy atom. The van der Waals surface area contributed by atoms with Crippen LogP contribution in [0, 0.1) is 17.2 Å². The number of carbonyl (C=O) groups is 2. The van der Waals surface area contributed by atoms with Gasteiger partial charge in [0.25, 0.3) is 11.1 Å². The van der Waals surface area contributed by atoms with Gasteiger partial charge in [-0.2, -0.15) is 5.26 Å². The van der Waals surface area contributed by atoms with Gasteiger partial charge >= 0.3 is 0 Å². The number of hydrogen-bond donors (Lipinski definition) is 2. The lowest BCUT2D eigenvalue weighted by atomic mass is 9.97. The van der Waals surface area contributed by atoms with E-state index in [0.717, 1.165) is 66.3 Å². The molecule has 4 aromatic rings. The van der Waals surface area contributed by atoms with Crippen molar-refractivity contribution in [3.63, 3.8) is 0 Å². The summed E-state index contributed by atoms with van der Waals surface area (Å²) in [5.41, 5.74) is 4.56. The van der Waals surface area contributed by atoms with Crippen molar-refractivity contribution >= 4 is 45.8 Å². The highest BCUT2D eigenvalue weighted by molar-refractivity contribution is 8.18. The van der Waals surface area contributed by atoms with Crippen molar-refractivity contribution < 1.29 is 9.59 Å². The van der Waals surface area contributed by atoms with Crippen LogP contribution >= 0.6 is 11.8 Å². The number of benzene rings is 1. The molecule has 2 saturated heterocycles. The standard InChI is InChI=1S/C30H26N8O2S/c31-15-21-13-20(18-35-27(21)24-6-10-33-25-4-2-1-3-23(24)25)17-32-16-19-7-11-38(12-8-19)29-34-9-5-22(36-29)14-26-28(39)37-30(40)41-26/h1-6,9-10,13-14,18-19,32H,7-8,11-12,16-17H2,(H,37,39,40)/b26-14-. The predicted molar refractivity (Wildman–Crippen MR) is 157 cm³/mol. The van der Waals surface area contributed by atoms with Crippen LogP contribution in [-0.4, -0.2) is 50.7 Å². The largest absolute Gasteiger partial charge is 0.341 e. The molecule has 0 spiro atoms. The highest BCUT2D eigenvalue weighted by atomic mass is 32.2. The first kappa shape index (κ1) is 26.6. The second-order valence-electron chi connectivity index (χ2n) is 9.92. The average molecular weight is 563 g/mol. The van der Waals surface area contributed by atoms with Gasteiger partial charge in [-0.25, -0.2) is 9.97 Å². The highest BCUT2D eigenvalue weighted by Gasteiger charge is 2.26. The first-order valence-electron chi connectivity index (χ1n) is 13.3. The summed E-state index contributed by atoms with van der Waals surface area (Å²) < 4.78 is 0. The molecular formula is C30H26N8O2S. The van der Waals surface area contributed by atoms with Crippen molar-refractivity contribution in [2.45, 2.75) is 19.4 Å². The maximum atomic E-state index is 11.8. The van der Waals surface area contributed by atoms with Crippen LogP contribution in [0.2, 0.25) is 0 Å². The molecule has 3 aromatic heterocycles. The maximum absolute atomic E-state index is 11.8. The molecule has 0 atom stereocenters. The third-order valence-corrected chi connectivity index (χ3v) is 8.02. The summed E-state index contributed by atoms with van der Waals surface area (Å²) in [6.07, 6.45) is 8.86. The van der Waals surface area contributed by atoms with Crippen molar-refractivity contribution in [2.24, 2.45) is 5.92 Å². The Labute approximate surface area is 240 Å². The lowest BCUT2D eigenvalue weighted by molar-refractivity contribution is -0.115. The molecule has 41 heavy (non-hydrogen) atoms. The average Bonchev–Trinajstić information content (AvgIpc) is 3.33. The molecular weight excluding hydrogens is 536 g/mol. The topological polar surface area (TPSA) is 137 Å². The Balaban J connectivity index is 1.03. The van der Waals surface area contributed by atoms with Crippen LogP contribution in [0.25, 0.3) is 28.2 Å². The van der Waals surface area contributed by atoms with Crippen LogP contribution in [-0.2, 0) is 11.3 Å². The van der Waals surface area contributed by atoms with Crippen LogP contribution in [0.3, 0.4) is 0 Å². The Hall–Kier alpha value is -4.66. The van der Waals surface area contributed by atoms with Gasteiger partial charge < -0.3 is 10.2 Å². The second-order valence-corrected chi connectivity index (χ2v) is 10.9. The van der Waals surface area contributed by atoms with E-state index in [1.807, 2.05) is 42.6 Å². The maximum Gasteiger partial charge on any atom is 0.290 e. The normalized spacial score (nSPS) is 16.8. The van der Waals surface area contributed by atoms with Crippen LogP contribution in [0.5, 0.6) is 0 Å². The smallest absolute Gasteiger partial charge is 0.290 e. The summed E-state index contributed by atoms with van der Waals surface area (Å²) >= 11 is 0.876. The molecule has 2 N–H and O–H groups in total. The SMILES string of the molecule is N#Cc1cc(CNCC2CCN(c3nccc(/C=C4\SC(=O)NC4=O)n3)CC2)cnc1-c1ccnc2ccccc12. The third kappa shape index (κ3) is 5.94. The number of imide groups is 1. The van der Waals surface area contributed by atoms with E-state index in [1.54, 1.807) is 24.5 Å². The van der Waals surface area contributed by atoms with Crippen LogP contribution in [0.15, 0.2) is 66.0 Å². The summed E-state index contributed by atoms with van der Waals surface area (Å²) in [6.45, 7) is 3.15. The summed E-state index contributed by atoms with van der Waals surface area (Å²) in [6, 6.07) is 15.7. The van der Waals surface area contributed by atoms with E-state index in [-0.39, 0.29) is 5.24 Å². The second kappa shape index (κ2) is 11.8. The zero-order chi connectivity index (χ0) is 28.2. The number of aromatic nitrogens is 4. The zero-order valence-electron chi connectivity index (χ0n) is 22.1. The minimum Gasteiger partial charge on any atom is -0.341 e. The number of fused-ring (bicyclic) bond motifs is 1. The number of hydrogen-bond acceptors (Lipinski definition) is 10. The fourth-order valence-electron chi connectivity index (χ4n) is 5.11. The van der Waals surface area contributed by atoms with Crippen LogP contribution in [0.1, 0.15) is 29.7 Å². The molecule has 0 aliphatic carbocycles. The Morgan fingerprint density at radius 1 is 1.10 bits per heavy atom. The lowest BCUT2D eigenvalue weighted by Crippen LogP contribution is -2.38. The van der Waals surface area contributed by atoms with E-state index in [1.165, 1.54) is 0 Å². The van der Waals surface area contributed by atoms with Gasteiger partial charge in [0, 0.05) is 49.2 Å². The van der Waals surface area contributed by atoms with E-state index in [9.17, 15) is 14.9 Å². The fourth-order valence-corrected chi connectivity index (χ4v) is 5.78. The third-order valence-electron chi connectivity index (χ3n) is 7.21. The van der Waals surface area contributed by atoms with E-state index in [0.29, 0.717) is 40.3 Å². The lowest BCUT2D eigenvalue weighted by Gasteiger charge is -2.32. The fraction of sp³-hybridized carbons (Fsp3) is 0.233. The van der Waals surface area contributed by atoms with Gasteiger partial charge in [-0.15, -0.1) is 0 Å². The Bertz CT molecular complexity index is 1700. The number of thioether (sulfide) groups is 1. The number of rotatable bonds is 7. The number of piperidine rings is 1. The van der Waals surface area contributed by atoms with Gasteiger partial charge in [0.2, 0.25) is 5.95 Å². The highest BCUT2D eigenvalue weighted by Crippen LogP contribution is 2.29. The van der Waals surface area contributed by atoms with Crippen molar-refractivity contribution in [1.82, 2.24) is 30.6 Å². The number of carbonyl (C=O) groups excluding carboxylic acids is 2. The molecule has 2 aliphatic rings. The Kier molecular flexibility index (Phi) is 7.67. The molecule has 11 heteroatoms. The van der Waals surface area contributed by atoms with Crippen molar-refractivity contribution in [3.8, 4) is 17.3 Å². The summed E-state index contributed by atoms with van der Waals surface area (Å²) in [5.74, 6) is 0.732. The van der Waals surface area contributed by atoms with E-state index in [2.05, 4.69) is 41.5 Å². The van der Waals surface area contributed by atoms with Gasteiger partial charge in [0.05, 0.1) is 27.4 Å². The van der Waals surface area contributed by atoms with E-state index in [4.69, 9.17) is 0 Å². The van der Waals surface area contributed by atoms with Gasteiger partial charge in [-0.1, -0.05) is 18.2 Å². The van der Waals surface area contributed by atoms with Gasteiger partial charge in [-0.05, 0) is 73.0 Å². The number of nitrogens with zero attached hydrogens (tertiary/aromatic N) is 6. The number of pyridine rings is 2. The molecule has 2 amide bonds. The molecule has 0 bridgehead atoms. The molecule has 6 rings (SSSR count). The van der Waals surface area contributed by atoms with Gasteiger partial charge in [-0.3, -0.25) is 24.9 Å². The molecule has 1 aromatic carbocycles. The molecule has 2 aliphatic heterocycles. The molecule has 5 heterocycles. The first-order chi connectivity index (χ1) is 20.1. The molecule has 0 radical (unpaired) electrons. The molecule has 10 nitrogen and oxygen atoms in total. The summed E-state index contributed by atoms with van der Waals surface area (Å²) in [7, 11) is 0. The minimum absolute atomic E-state index is 0.335. The number of anilines is 1. The van der Waals surface area contributed by atoms with Gasteiger partial charge in [0.15, 0.2) is 0 Å². The first-order valence-corrected chi connectivity index (χ1v) is 14.2. The quantitative estimate of drug-likeness (QED) is 0.314. The zero-order valence-corrected chi connectivity index (χ0v) is 22.9. The number of para-hydroxylation sites is 1.